The smallest absolute Gasteiger partial charge is 0.356 e. The maximum absolute atomic E-state index is 12.5. The molecule has 0 radical (unpaired) electrons. The number of nitrogens with zero attached hydrogens (tertiary/aromatic N) is 2. The fourth-order valence-electron chi connectivity index (χ4n) is 3.93. The summed E-state index contributed by atoms with van der Waals surface area (Å²) in [7, 11) is 1.74. The summed E-state index contributed by atoms with van der Waals surface area (Å²) in [6.07, 6.45) is -1.52. The largest absolute Gasteiger partial charge is 0.401 e. The highest BCUT2D eigenvalue weighted by molar-refractivity contribution is 5.86. The van der Waals surface area contributed by atoms with Crippen molar-refractivity contribution in [2.75, 3.05) is 33.2 Å². The lowest BCUT2D eigenvalue weighted by Crippen LogP contribution is -2.41. The Kier molecular flexibility index (Phi) is 7.36. The summed E-state index contributed by atoms with van der Waals surface area (Å²) in [6.45, 7) is 1.70. The number of likely N-dealkylation sites (tertiary alicyclic amines) is 1. The number of alkyl halides is 3. The Morgan fingerprint density at radius 2 is 1.79 bits per heavy atom. The van der Waals surface area contributed by atoms with Crippen LogP contribution in [0.15, 0.2) is 47.5 Å². The molecule has 0 aromatic heterocycles. The molecule has 0 saturated carbocycles. The first-order valence-corrected chi connectivity index (χ1v) is 10.1. The monoisotopic (exact) mass is 406 g/mol. The van der Waals surface area contributed by atoms with Crippen molar-refractivity contribution >= 4 is 16.7 Å². The summed E-state index contributed by atoms with van der Waals surface area (Å²) in [5.74, 6) is 1.20. The van der Waals surface area contributed by atoms with Gasteiger partial charge in [-0.2, -0.15) is 13.2 Å². The lowest BCUT2D eigenvalue weighted by atomic mass is 9.93. The predicted octanol–water partition coefficient (Wildman–Crippen LogP) is 4.17. The minimum atomic E-state index is -4.10. The van der Waals surface area contributed by atoms with Crippen LogP contribution in [0, 0.1) is 5.92 Å². The number of guanidine groups is 1. The molecule has 4 nitrogen and oxygen atoms in total. The Bertz CT molecular complexity index is 806. The van der Waals surface area contributed by atoms with E-state index in [0.717, 1.165) is 31.8 Å². The van der Waals surface area contributed by atoms with Gasteiger partial charge in [0.1, 0.15) is 0 Å². The number of piperidine rings is 1. The van der Waals surface area contributed by atoms with Crippen molar-refractivity contribution in [3.63, 3.8) is 0 Å². The molecular formula is C22H29F3N4. The lowest BCUT2D eigenvalue weighted by molar-refractivity contribution is -0.148. The summed E-state index contributed by atoms with van der Waals surface area (Å²) in [4.78, 5) is 5.79. The molecule has 1 heterocycles. The molecule has 2 aromatic carbocycles. The van der Waals surface area contributed by atoms with E-state index >= 15 is 0 Å². The van der Waals surface area contributed by atoms with Crippen LogP contribution in [0.3, 0.4) is 0 Å². The third-order valence-corrected chi connectivity index (χ3v) is 5.50. The van der Waals surface area contributed by atoms with Crippen LogP contribution in [0.1, 0.15) is 24.8 Å². The molecule has 0 spiro atoms. The van der Waals surface area contributed by atoms with Crippen LogP contribution in [0.25, 0.3) is 10.8 Å². The van der Waals surface area contributed by atoms with Crippen LogP contribution in [-0.2, 0) is 6.54 Å². The van der Waals surface area contributed by atoms with Crippen molar-refractivity contribution in [3.8, 4) is 0 Å². The van der Waals surface area contributed by atoms with Crippen molar-refractivity contribution in [3.05, 3.63) is 48.0 Å². The SMILES string of the molecule is CN=C(NCCC1CCN(CC(F)(F)F)CC1)NCc1cccc2ccccc12. The van der Waals surface area contributed by atoms with Gasteiger partial charge in [0.05, 0.1) is 6.54 Å². The van der Waals surface area contributed by atoms with Crippen molar-refractivity contribution in [1.29, 1.82) is 0 Å². The second kappa shape index (κ2) is 9.96. The minimum Gasteiger partial charge on any atom is -0.356 e. The summed E-state index contributed by atoms with van der Waals surface area (Å²) >= 11 is 0. The van der Waals surface area contributed by atoms with E-state index in [1.54, 1.807) is 7.05 Å². The Morgan fingerprint density at radius 3 is 2.52 bits per heavy atom. The molecule has 29 heavy (non-hydrogen) atoms. The van der Waals surface area contributed by atoms with Gasteiger partial charge in [-0.3, -0.25) is 9.89 Å². The number of aliphatic imine (C=N–C) groups is 1. The maximum atomic E-state index is 12.5. The molecule has 0 atom stereocenters. The van der Waals surface area contributed by atoms with Crippen molar-refractivity contribution in [2.24, 2.45) is 10.9 Å². The molecule has 0 amide bonds. The second-order valence-corrected chi connectivity index (χ2v) is 7.61. The minimum absolute atomic E-state index is 0.461. The number of hydrogen-bond donors (Lipinski definition) is 2. The highest BCUT2D eigenvalue weighted by Gasteiger charge is 2.32. The van der Waals surface area contributed by atoms with Gasteiger partial charge in [0.25, 0.3) is 0 Å². The van der Waals surface area contributed by atoms with Gasteiger partial charge in [0.2, 0.25) is 0 Å². The van der Waals surface area contributed by atoms with Crippen LogP contribution in [-0.4, -0.2) is 50.3 Å². The molecule has 2 aromatic rings. The van der Waals surface area contributed by atoms with Crippen LogP contribution < -0.4 is 10.6 Å². The summed E-state index contributed by atoms with van der Waals surface area (Å²) in [6, 6.07) is 14.6. The van der Waals surface area contributed by atoms with Gasteiger partial charge in [0, 0.05) is 20.1 Å². The Morgan fingerprint density at radius 1 is 1.07 bits per heavy atom. The van der Waals surface area contributed by atoms with Crippen molar-refractivity contribution < 1.29 is 13.2 Å². The van der Waals surface area contributed by atoms with Crippen LogP contribution in [0.4, 0.5) is 13.2 Å². The number of hydrogen-bond acceptors (Lipinski definition) is 2. The van der Waals surface area contributed by atoms with Gasteiger partial charge >= 0.3 is 6.18 Å². The number of rotatable bonds is 6. The van der Waals surface area contributed by atoms with E-state index in [9.17, 15) is 13.2 Å². The molecule has 0 bridgehead atoms. The van der Waals surface area contributed by atoms with E-state index in [1.807, 2.05) is 12.1 Å². The zero-order chi connectivity index (χ0) is 20.7. The van der Waals surface area contributed by atoms with Gasteiger partial charge in [-0.05, 0) is 54.6 Å². The van der Waals surface area contributed by atoms with Crippen LogP contribution >= 0.6 is 0 Å². The highest BCUT2D eigenvalue weighted by Crippen LogP contribution is 2.24. The van der Waals surface area contributed by atoms with Gasteiger partial charge in [-0.1, -0.05) is 42.5 Å². The van der Waals surface area contributed by atoms with Gasteiger partial charge < -0.3 is 10.6 Å². The summed E-state index contributed by atoms with van der Waals surface area (Å²) in [5.41, 5.74) is 1.21. The number of benzene rings is 2. The average molecular weight is 406 g/mol. The predicted molar refractivity (Wildman–Crippen MR) is 112 cm³/mol. The fourth-order valence-corrected chi connectivity index (χ4v) is 3.93. The Balaban J connectivity index is 1.40. The number of halogens is 3. The molecule has 1 fully saturated rings. The first-order valence-electron chi connectivity index (χ1n) is 10.1. The Hall–Kier alpha value is -2.28. The highest BCUT2D eigenvalue weighted by atomic mass is 19.4. The zero-order valence-corrected chi connectivity index (χ0v) is 16.8. The average Bonchev–Trinajstić information content (AvgIpc) is 2.70. The van der Waals surface area contributed by atoms with E-state index in [0.29, 0.717) is 25.6 Å². The summed E-state index contributed by atoms with van der Waals surface area (Å²) < 4.78 is 37.4. The maximum Gasteiger partial charge on any atom is 0.401 e. The molecule has 1 aliphatic rings. The number of nitrogens with one attached hydrogen (secondary N) is 2. The third-order valence-electron chi connectivity index (χ3n) is 5.50. The quantitative estimate of drug-likeness (QED) is 0.559. The molecule has 3 rings (SSSR count). The molecule has 7 heteroatoms. The fraction of sp³-hybridized carbons (Fsp3) is 0.500. The van der Waals surface area contributed by atoms with Crippen molar-refractivity contribution in [2.45, 2.75) is 32.0 Å². The molecule has 1 aliphatic heterocycles. The first kappa shape index (κ1) is 21.4. The van der Waals surface area contributed by atoms with E-state index in [-0.39, 0.29) is 0 Å². The normalized spacial score (nSPS) is 16.9. The van der Waals surface area contributed by atoms with Crippen molar-refractivity contribution in [1.82, 2.24) is 15.5 Å². The molecule has 0 aliphatic carbocycles. The second-order valence-electron chi connectivity index (χ2n) is 7.61. The molecular weight excluding hydrogens is 377 g/mol. The standard InChI is InChI=1S/C22H29F3N4/c1-26-21(28-15-19-7-4-6-18-5-2-3-8-20(18)19)27-12-9-17-10-13-29(14-11-17)16-22(23,24)25/h2-8,17H,9-16H2,1H3,(H2,26,27,28). The third kappa shape index (κ3) is 6.63. The van der Waals surface area contributed by atoms with E-state index in [2.05, 4.69) is 46.0 Å². The van der Waals surface area contributed by atoms with E-state index in [1.165, 1.54) is 21.2 Å². The van der Waals surface area contributed by atoms with Gasteiger partial charge in [-0.15, -0.1) is 0 Å². The van der Waals surface area contributed by atoms with E-state index < -0.39 is 12.7 Å². The Labute approximate surface area is 170 Å². The zero-order valence-electron chi connectivity index (χ0n) is 16.8. The topological polar surface area (TPSA) is 39.7 Å². The van der Waals surface area contributed by atoms with Gasteiger partial charge in [0.15, 0.2) is 5.96 Å². The molecule has 1 saturated heterocycles. The molecule has 0 unspecified atom stereocenters. The van der Waals surface area contributed by atoms with E-state index in [4.69, 9.17) is 0 Å². The number of fused-ring (bicyclic) bond motifs is 1. The molecule has 158 valence electrons. The lowest BCUT2D eigenvalue weighted by Gasteiger charge is -2.32. The van der Waals surface area contributed by atoms with Gasteiger partial charge in [-0.25, -0.2) is 0 Å². The van der Waals surface area contributed by atoms with Crippen LogP contribution in [0.5, 0.6) is 0 Å². The molecule has 2 N–H and O–H groups in total. The first-order chi connectivity index (χ1) is 13.9. The van der Waals surface area contributed by atoms with Crippen LogP contribution in [0.2, 0.25) is 0 Å². The summed E-state index contributed by atoms with van der Waals surface area (Å²) in [5, 5.41) is 9.12.